The van der Waals surface area contributed by atoms with Crippen molar-refractivity contribution >= 4 is 43.6 Å². The normalized spacial score (nSPS) is 11.7. The number of hydrogen-bond acceptors (Lipinski definition) is 3. The van der Waals surface area contributed by atoms with Crippen LogP contribution in [0.5, 0.6) is 0 Å². The zero-order valence-corrected chi connectivity index (χ0v) is 18.6. The second kappa shape index (κ2) is 7.26. The first kappa shape index (κ1) is 19.0. The quantitative estimate of drug-likeness (QED) is 0.273. The maximum absolute atomic E-state index is 6.32. The maximum atomic E-state index is 6.32. The van der Waals surface area contributed by atoms with E-state index in [9.17, 15) is 0 Å². The van der Waals surface area contributed by atoms with Crippen molar-refractivity contribution in [1.82, 2.24) is 9.97 Å². The molecule has 34 heavy (non-hydrogen) atoms. The summed E-state index contributed by atoms with van der Waals surface area (Å²) in [6.07, 6.45) is 1.65. The van der Waals surface area contributed by atoms with E-state index in [-0.39, 0.29) is 0 Å². The Bertz CT molecular complexity index is 1880. The van der Waals surface area contributed by atoms with Crippen molar-refractivity contribution in [2.45, 2.75) is 6.92 Å². The first-order chi connectivity index (χ1) is 16.8. The summed E-state index contributed by atoms with van der Waals surface area (Å²) in [5, 5.41) is 5.72. The van der Waals surface area contributed by atoms with Crippen molar-refractivity contribution in [1.29, 1.82) is 0 Å². The molecule has 2 aromatic heterocycles. The summed E-state index contributed by atoms with van der Waals surface area (Å²) in [5.74, 6) is 0. The summed E-state index contributed by atoms with van der Waals surface area (Å²) < 4.78 is 6.32. The molecule has 0 unspecified atom stereocenters. The van der Waals surface area contributed by atoms with E-state index < -0.39 is 0 Å². The molecule has 3 nitrogen and oxygen atoms in total. The van der Waals surface area contributed by atoms with Gasteiger partial charge < -0.3 is 4.42 Å². The summed E-state index contributed by atoms with van der Waals surface area (Å²) >= 11 is 0. The maximum Gasteiger partial charge on any atom is 0.144 e. The van der Waals surface area contributed by atoms with E-state index >= 15 is 0 Å². The standard InChI is InChI=1S/C31H20N2O/c1-19-15-26-24-10-4-5-12-29(24)34-31(26)27(16-19)30-25-14-13-21(17-28(25)32-18-33-30)23-11-6-8-20-7-2-3-9-22(20)23/h2-18H,1H3. The largest absolute Gasteiger partial charge is 0.455 e. The molecule has 2 heterocycles. The molecule has 5 aromatic carbocycles. The summed E-state index contributed by atoms with van der Waals surface area (Å²) in [5.41, 5.74) is 8.08. The third kappa shape index (κ3) is 2.84. The van der Waals surface area contributed by atoms with Crippen molar-refractivity contribution in [2.75, 3.05) is 0 Å². The fourth-order valence-corrected chi connectivity index (χ4v) is 5.06. The van der Waals surface area contributed by atoms with Crippen LogP contribution in [0, 0.1) is 6.92 Å². The Kier molecular flexibility index (Phi) is 4.06. The van der Waals surface area contributed by atoms with Gasteiger partial charge in [0.15, 0.2) is 0 Å². The van der Waals surface area contributed by atoms with E-state index in [1.54, 1.807) is 6.33 Å². The Labute approximate surface area is 196 Å². The minimum Gasteiger partial charge on any atom is -0.455 e. The summed E-state index contributed by atoms with van der Waals surface area (Å²) in [4.78, 5) is 9.36. The molecule has 0 fully saturated rings. The van der Waals surface area contributed by atoms with Crippen LogP contribution >= 0.6 is 0 Å². The van der Waals surface area contributed by atoms with Gasteiger partial charge in [-0.25, -0.2) is 9.97 Å². The molecular formula is C31H20N2O. The van der Waals surface area contributed by atoms with Gasteiger partial charge in [-0.05, 0) is 64.7 Å². The number of furan rings is 1. The number of benzene rings is 5. The Morgan fingerprint density at radius 1 is 0.618 bits per heavy atom. The van der Waals surface area contributed by atoms with E-state index in [2.05, 4.69) is 90.8 Å². The number of rotatable bonds is 2. The van der Waals surface area contributed by atoms with Crippen molar-refractivity contribution in [2.24, 2.45) is 0 Å². The van der Waals surface area contributed by atoms with Gasteiger partial charge in [0.05, 0.1) is 11.2 Å². The molecule has 7 rings (SSSR count). The van der Waals surface area contributed by atoms with E-state index in [1.165, 1.54) is 21.9 Å². The Balaban J connectivity index is 1.47. The van der Waals surface area contributed by atoms with Gasteiger partial charge >= 0.3 is 0 Å². The van der Waals surface area contributed by atoms with Crippen molar-refractivity contribution in [3.63, 3.8) is 0 Å². The first-order valence-corrected chi connectivity index (χ1v) is 11.4. The van der Waals surface area contributed by atoms with Crippen molar-refractivity contribution < 1.29 is 4.42 Å². The highest BCUT2D eigenvalue weighted by atomic mass is 16.3. The highest BCUT2D eigenvalue weighted by Gasteiger charge is 2.17. The average Bonchev–Trinajstić information content (AvgIpc) is 3.26. The van der Waals surface area contributed by atoms with Crippen LogP contribution in [-0.2, 0) is 0 Å². The SMILES string of the molecule is Cc1cc(-c2ncnc3cc(-c4cccc5ccccc45)ccc23)c2oc3ccccc3c2c1. The van der Waals surface area contributed by atoms with Crippen molar-refractivity contribution in [3.8, 4) is 22.4 Å². The van der Waals surface area contributed by atoms with Crippen LogP contribution in [0.4, 0.5) is 0 Å². The van der Waals surface area contributed by atoms with Gasteiger partial charge in [0.25, 0.3) is 0 Å². The van der Waals surface area contributed by atoms with Gasteiger partial charge in [-0.1, -0.05) is 66.7 Å². The fourth-order valence-electron chi connectivity index (χ4n) is 5.06. The Hall–Kier alpha value is -4.50. The number of fused-ring (bicyclic) bond motifs is 5. The van der Waals surface area contributed by atoms with Crippen LogP contribution < -0.4 is 0 Å². The molecule has 0 spiro atoms. The van der Waals surface area contributed by atoms with Crippen LogP contribution in [0.2, 0.25) is 0 Å². The van der Waals surface area contributed by atoms with Crippen LogP contribution in [0.3, 0.4) is 0 Å². The highest BCUT2D eigenvalue weighted by Crippen LogP contribution is 2.39. The van der Waals surface area contributed by atoms with Gasteiger partial charge in [-0.2, -0.15) is 0 Å². The predicted octanol–water partition coefficient (Wildman–Crippen LogP) is 8.32. The third-order valence-corrected chi connectivity index (χ3v) is 6.61. The molecular weight excluding hydrogens is 416 g/mol. The lowest BCUT2D eigenvalue weighted by Gasteiger charge is -2.10. The van der Waals surface area contributed by atoms with Gasteiger partial charge in [0, 0.05) is 21.7 Å². The number of nitrogens with zero attached hydrogens (tertiary/aromatic N) is 2. The van der Waals surface area contributed by atoms with Gasteiger partial charge in [-0.15, -0.1) is 0 Å². The molecule has 0 aliphatic rings. The van der Waals surface area contributed by atoms with Crippen LogP contribution in [-0.4, -0.2) is 9.97 Å². The first-order valence-electron chi connectivity index (χ1n) is 11.4. The molecule has 0 saturated heterocycles. The smallest absolute Gasteiger partial charge is 0.144 e. The van der Waals surface area contributed by atoms with E-state index in [0.29, 0.717) is 0 Å². The number of aromatic nitrogens is 2. The second-order valence-corrected chi connectivity index (χ2v) is 8.77. The zero-order valence-electron chi connectivity index (χ0n) is 18.6. The second-order valence-electron chi connectivity index (χ2n) is 8.77. The van der Waals surface area contributed by atoms with E-state index in [1.807, 2.05) is 18.2 Å². The molecule has 0 bridgehead atoms. The molecule has 0 saturated carbocycles. The minimum absolute atomic E-state index is 0.866. The summed E-state index contributed by atoms with van der Waals surface area (Å²) in [7, 11) is 0. The Morgan fingerprint density at radius 3 is 2.38 bits per heavy atom. The topological polar surface area (TPSA) is 38.9 Å². The van der Waals surface area contributed by atoms with Gasteiger partial charge in [-0.3, -0.25) is 0 Å². The predicted molar refractivity (Wildman–Crippen MR) is 140 cm³/mol. The lowest BCUT2D eigenvalue weighted by molar-refractivity contribution is 0.670. The highest BCUT2D eigenvalue weighted by molar-refractivity contribution is 6.12. The lowest BCUT2D eigenvalue weighted by atomic mass is 9.96. The third-order valence-electron chi connectivity index (χ3n) is 6.61. The van der Waals surface area contributed by atoms with Gasteiger partial charge in [0.1, 0.15) is 17.5 Å². The lowest BCUT2D eigenvalue weighted by Crippen LogP contribution is -1.91. The van der Waals surface area contributed by atoms with Crippen LogP contribution in [0.15, 0.2) is 108 Å². The molecule has 0 amide bonds. The summed E-state index contributed by atoms with van der Waals surface area (Å²) in [6, 6.07) is 33.9. The number of para-hydroxylation sites is 1. The molecule has 3 heteroatoms. The minimum atomic E-state index is 0.866. The van der Waals surface area contributed by atoms with Crippen LogP contribution in [0.25, 0.3) is 66.0 Å². The average molecular weight is 437 g/mol. The van der Waals surface area contributed by atoms with Gasteiger partial charge in [0.2, 0.25) is 0 Å². The van der Waals surface area contributed by atoms with Crippen molar-refractivity contribution in [3.05, 3.63) is 109 Å². The van der Waals surface area contributed by atoms with E-state index in [4.69, 9.17) is 9.40 Å². The molecule has 160 valence electrons. The molecule has 0 radical (unpaired) electrons. The summed E-state index contributed by atoms with van der Waals surface area (Å²) in [6.45, 7) is 2.12. The molecule has 0 aliphatic heterocycles. The number of aryl methyl sites for hydroxylation is 1. The van der Waals surface area contributed by atoms with E-state index in [0.717, 1.165) is 49.7 Å². The molecule has 0 aliphatic carbocycles. The molecule has 0 atom stereocenters. The Morgan fingerprint density at radius 2 is 1.44 bits per heavy atom. The monoisotopic (exact) mass is 436 g/mol. The molecule has 7 aromatic rings. The number of hydrogen-bond donors (Lipinski definition) is 0. The van der Waals surface area contributed by atoms with Crippen LogP contribution in [0.1, 0.15) is 5.56 Å². The zero-order chi connectivity index (χ0) is 22.6. The molecule has 0 N–H and O–H groups in total. The fraction of sp³-hybridized carbons (Fsp3) is 0.0323.